The number of hydrogen-bond acceptors (Lipinski definition) is 8. The number of benzene rings is 2. The smallest absolute Gasteiger partial charge is 0.247 e. The molecule has 0 saturated carbocycles. The zero-order valence-corrected chi connectivity index (χ0v) is 22.5. The van der Waals surface area contributed by atoms with Crippen molar-refractivity contribution in [2.24, 2.45) is 0 Å². The lowest BCUT2D eigenvalue weighted by atomic mass is 10.0. The highest BCUT2D eigenvalue weighted by Crippen LogP contribution is 2.38. The van der Waals surface area contributed by atoms with Crippen molar-refractivity contribution < 1.29 is 14.3 Å². The zero-order chi connectivity index (χ0) is 27.2. The van der Waals surface area contributed by atoms with Crippen LogP contribution in [0.5, 0.6) is 11.5 Å². The summed E-state index contributed by atoms with van der Waals surface area (Å²) in [6.07, 6.45) is 5.95. The minimum atomic E-state index is -0.301. The first-order valence-electron chi connectivity index (χ1n) is 12.3. The molecule has 0 spiro atoms. The number of amides is 1. The number of ether oxygens (including phenoxy) is 2. The molecular weight excluding hydrogens is 480 g/mol. The normalized spacial score (nSPS) is 12.0. The Morgan fingerprint density at radius 3 is 2.61 bits per heavy atom. The molecule has 1 aliphatic carbocycles. The molecular formula is C29H34N6O3. The van der Waals surface area contributed by atoms with Crippen molar-refractivity contribution in [1.29, 1.82) is 0 Å². The quantitative estimate of drug-likeness (QED) is 0.365. The fourth-order valence-electron chi connectivity index (χ4n) is 4.29. The third kappa shape index (κ3) is 5.95. The number of likely N-dealkylation sites (N-methyl/N-ethyl adjacent to an activating group) is 2. The first-order chi connectivity index (χ1) is 18.3. The molecule has 0 unspecified atom stereocenters. The topological polar surface area (TPSA) is 91.8 Å². The van der Waals surface area contributed by atoms with Crippen LogP contribution >= 0.6 is 0 Å². The summed E-state index contributed by atoms with van der Waals surface area (Å²) in [7, 11) is 9.30. The minimum absolute atomic E-state index is 0.301. The number of fused-ring (bicyclic) bond motifs is 1. The SMILES string of the molecule is C=CC(=O)Nc1cc(Nc2nccc(C3=CCc4cc(OC)ccc43)n2)c(OC)cc1N(C)CCN(C)C. The molecule has 1 heterocycles. The van der Waals surface area contributed by atoms with E-state index >= 15 is 0 Å². The predicted molar refractivity (Wildman–Crippen MR) is 153 cm³/mol. The third-order valence-electron chi connectivity index (χ3n) is 6.36. The summed E-state index contributed by atoms with van der Waals surface area (Å²) in [5, 5.41) is 6.19. The van der Waals surface area contributed by atoms with Gasteiger partial charge in [0.25, 0.3) is 0 Å². The summed E-state index contributed by atoms with van der Waals surface area (Å²) in [4.78, 5) is 25.6. The van der Waals surface area contributed by atoms with E-state index in [2.05, 4.69) is 50.2 Å². The molecule has 0 bridgehead atoms. The van der Waals surface area contributed by atoms with Crippen LogP contribution in [-0.2, 0) is 11.2 Å². The van der Waals surface area contributed by atoms with Gasteiger partial charge in [-0.3, -0.25) is 4.79 Å². The van der Waals surface area contributed by atoms with E-state index in [9.17, 15) is 4.79 Å². The van der Waals surface area contributed by atoms with Gasteiger partial charge in [0.2, 0.25) is 11.9 Å². The Balaban J connectivity index is 1.65. The Bertz CT molecular complexity index is 1370. The molecule has 0 radical (unpaired) electrons. The van der Waals surface area contributed by atoms with Crippen molar-refractivity contribution in [3.05, 3.63) is 78.1 Å². The van der Waals surface area contributed by atoms with Gasteiger partial charge >= 0.3 is 0 Å². The number of aromatic nitrogens is 2. The maximum atomic E-state index is 12.2. The molecule has 3 aromatic rings. The summed E-state index contributed by atoms with van der Waals surface area (Å²) in [6, 6.07) is 11.7. The number of methoxy groups -OCH3 is 2. The lowest BCUT2D eigenvalue weighted by molar-refractivity contribution is -0.111. The number of nitrogens with one attached hydrogen (secondary N) is 2. The Kier molecular flexibility index (Phi) is 8.28. The number of carbonyl (C=O) groups is 1. The average molecular weight is 515 g/mol. The van der Waals surface area contributed by atoms with E-state index in [1.807, 2.05) is 45.4 Å². The molecule has 0 saturated heterocycles. The van der Waals surface area contributed by atoms with Gasteiger partial charge in [-0.2, -0.15) is 0 Å². The van der Waals surface area contributed by atoms with Gasteiger partial charge in [0, 0.05) is 38.0 Å². The summed E-state index contributed by atoms with van der Waals surface area (Å²) in [5.41, 5.74) is 6.26. The van der Waals surface area contributed by atoms with Crippen LogP contribution in [0, 0.1) is 0 Å². The van der Waals surface area contributed by atoms with Crippen molar-refractivity contribution >= 4 is 34.5 Å². The first kappa shape index (κ1) is 26.7. The first-order valence-corrected chi connectivity index (χ1v) is 12.3. The van der Waals surface area contributed by atoms with Crippen LogP contribution in [0.1, 0.15) is 16.8 Å². The van der Waals surface area contributed by atoms with E-state index in [1.165, 1.54) is 11.6 Å². The number of carbonyl (C=O) groups excluding carboxylic acids is 1. The third-order valence-corrected chi connectivity index (χ3v) is 6.36. The van der Waals surface area contributed by atoms with Crippen molar-refractivity contribution in [2.75, 3.05) is 64.0 Å². The number of hydrogen-bond donors (Lipinski definition) is 2. The fourth-order valence-corrected chi connectivity index (χ4v) is 4.29. The van der Waals surface area contributed by atoms with Gasteiger partial charge in [-0.05, 0) is 62.0 Å². The average Bonchev–Trinajstić information content (AvgIpc) is 3.35. The van der Waals surface area contributed by atoms with E-state index in [1.54, 1.807) is 20.4 Å². The van der Waals surface area contributed by atoms with E-state index < -0.39 is 0 Å². The molecule has 9 nitrogen and oxygen atoms in total. The predicted octanol–water partition coefficient (Wildman–Crippen LogP) is 4.35. The standard InChI is InChI=1S/C29H34N6O3/c1-7-28(36)31-24-17-25(27(38-6)18-26(24)35(4)15-14-34(2)3)33-29-30-13-12-23(32-29)22-10-8-19-16-20(37-5)9-11-21(19)22/h7,9-13,16-18H,1,8,14-15H2,2-6H3,(H,31,36)(H,30,32,33). The summed E-state index contributed by atoms with van der Waals surface area (Å²) < 4.78 is 11.1. The summed E-state index contributed by atoms with van der Waals surface area (Å²) in [5.74, 6) is 1.55. The fraction of sp³-hybridized carbons (Fsp3) is 0.276. The van der Waals surface area contributed by atoms with Crippen LogP contribution in [-0.4, -0.2) is 69.2 Å². The lowest BCUT2D eigenvalue weighted by Gasteiger charge is -2.26. The summed E-state index contributed by atoms with van der Waals surface area (Å²) in [6.45, 7) is 5.19. The maximum absolute atomic E-state index is 12.2. The van der Waals surface area contributed by atoms with E-state index in [0.717, 1.165) is 47.8 Å². The van der Waals surface area contributed by atoms with Crippen molar-refractivity contribution in [1.82, 2.24) is 14.9 Å². The Morgan fingerprint density at radius 2 is 1.89 bits per heavy atom. The molecule has 38 heavy (non-hydrogen) atoms. The zero-order valence-electron chi connectivity index (χ0n) is 22.5. The largest absolute Gasteiger partial charge is 0.497 e. The molecule has 1 aromatic heterocycles. The molecule has 198 valence electrons. The molecule has 4 rings (SSSR count). The van der Waals surface area contributed by atoms with Crippen molar-refractivity contribution in [3.8, 4) is 11.5 Å². The highest BCUT2D eigenvalue weighted by Gasteiger charge is 2.19. The molecule has 0 aliphatic heterocycles. The minimum Gasteiger partial charge on any atom is -0.497 e. The number of nitrogens with zero attached hydrogens (tertiary/aromatic N) is 4. The van der Waals surface area contributed by atoms with Crippen LogP contribution in [0.3, 0.4) is 0 Å². The van der Waals surface area contributed by atoms with Gasteiger partial charge in [-0.15, -0.1) is 0 Å². The van der Waals surface area contributed by atoms with Crippen LogP contribution in [0.15, 0.2) is 61.3 Å². The van der Waals surface area contributed by atoms with Crippen molar-refractivity contribution in [3.63, 3.8) is 0 Å². The Hall–Kier alpha value is -4.37. The number of allylic oxidation sites excluding steroid dienone is 1. The highest BCUT2D eigenvalue weighted by molar-refractivity contribution is 6.02. The van der Waals surface area contributed by atoms with Crippen LogP contribution in [0.25, 0.3) is 5.57 Å². The van der Waals surface area contributed by atoms with Gasteiger partial charge in [-0.25, -0.2) is 9.97 Å². The molecule has 0 atom stereocenters. The second-order valence-corrected chi connectivity index (χ2v) is 9.22. The summed E-state index contributed by atoms with van der Waals surface area (Å²) >= 11 is 0. The molecule has 1 amide bonds. The van der Waals surface area contributed by atoms with Gasteiger partial charge < -0.3 is 29.9 Å². The van der Waals surface area contributed by atoms with E-state index in [4.69, 9.17) is 14.5 Å². The van der Waals surface area contributed by atoms with Gasteiger partial charge in [-0.1, -0.05) is 18.7 Å². The monoisotopic (exact) mass is 514 g/mol. The van der Waals surface area contributed by atoms with Crippen molar-refractivity contribution in [2.45, 2.75) is 6.42 Å². The maximum Gasteiger partial charge on any atom is 0.247 e. The van der Waals surface area contributed by atoms with Crippen LogP contribution in [0.2, 0.25) is 0 Å². The molecule has 1 aliphatic rings. The molecule has 2 N–H and O–H groups in total. The van der Waals surface area contributed by atoms with Gasteiger partial charge in [0.1, 0.15) is 11.5 Å². The molecule has 0 fully saturated rings. The lowest BCUT2D eigenvalue weighted by Crippen LogP contribution is -2.29. The second kappa shape index (κ2) is 11.8. The Morgan fingerprint density at radius 1 is 1.08 bits per heavy atom. The van der Waals surface area contributed by atoms with Crippen LogP contribution in [0.4, 0.5) is 23.0 Å². The number of anilines is 4. The van der Waals surface area contributed by atoms with Gasteiger partial charge in [0.15, 0.2) is 0 Å². The molecule has 9 heteroatoms. The van der Waals surface area contributed by atoms with E-state index in [-0.39, 0.29) is 5.91 Å². The van der Waals surface area contributed by atoms with Crippen LogP contribution < -0.4 is 25.0 Å². The second-order valence-electron chi connectivity index (χ2n) is 9.22. The highest BCUT2D eigenvalue weighted by atomic mass is 16.5. The molecule has 2 aromatic carbocycles. The van der Waals surface area contributed by atoms with Gasteiger partial charge in [0.05, 0.1) is 37.0 Å². The van der Waals surface area contributed by atoms with E-state index in [0.29, 0.717) is 23.1 Å². The number of rotatable bonds is 11. The Labute approximate surface area is 223 Å².